The van der Waals surface area contributed by atoms with E-state index in [0.717, 1.165) is 29.8 Å². The van der Waals surface area contributed by atoms with Gasteiger partial charge in [0.05, 0.1) is 10.9 Å². The average Bonchev–Trinajstić information content (AvgIpc) is 2.94. The zero-order chi connectivity index (χ0) is 20.5. The predicted octanol–water partition coefficient (Wildman–Crippen LogP) is 3.96. The minimum Gasteiger partial charge on any atom is -0.406 e. The number of likely N-dealkylation sites (tertiary alicyclic amines) is 1. The number of benzene rings is 2. The Hall–Kier alpha value is -1.81. The Labute approximate surface area is 166 Å². The van der Waals surface area contributed by atoms with Gasteiger partial charge in [0.2, 0.25) is 10.0 Å². The van der Waals surface area contributed by atoms with Crippen LogP contribution in [0, 0.1) is 0 Å². The lowest BCUT2D eigenvalue weighted by atomic mass is 10.0. The SMILES string of the molecule is CN1CC[C@H](NS(=O)(=O)c2ccc(OC(F)(F)F)cc2)[C@@H]1c1ccc(Cl)cc1. The first-order valence-electron chi connectivity index (χ1n) is 8.39. The van der Waals surface area contributed by atoms with Crippen molar-refractivity contribution in [3.63, 3.8) is 0 Å². The van der Waals surface area contributed by atoms with Crippen LogP contribution in [0.4, 0.5) is 13.2 Å². The fraction of sp³-hybridized carbons (Fsp3) is 0.333. The molecule has 5 nitrogen and oxygen atoms in total. The van der Waals surface area contributed by atoms with Crippen LogP contribution in [0.15, 0.2) is 53.4 Å². The highest BCUT2D eigenvalue weighted by molar-refractivity contribution is 7.89. The second-order valence-corrected chi connectivity index (χ2v) is 8.66. The summed E-state index contributed by atoms with van der Waals surface area (Å²) in [5.41, 5.74) is 0.922. The number of ether oxygens (including phenoxy) is 1. The van der Waals surface area contributed by atoms with E-state index in [1.807, 2.05) is 24.1 Å². The summed E-state index contributed by atoms with van der Waals surface area (Å²) in [6.45, 7) is 0.693. The van der Waals surface area contributed by atoms with Crippen molar-refractivity contribution < 1.29 is 26.3 Å². The van der Waals surface area contributed by atoms with Crippen LogP contribution in [0.1, 0.15) is 18.0 Å². The number of likely N-dealkylation sites (N-methyl/N-ethyl adjacent to an activating group) is 1. The van der Waals surface area contributed by atoms with E-state index in [1.54, 1.807) is 12.1 Å². The molecule has 1 aliphatic rings. The van der Waals surface area contributed by atoms with Gasteiger partial charge in [-0.05, 0) is 55.4 Å². The highest BCUT2D eigenvalue weighted by Crippen LogP contribution is 2.33. The molecule has 0 bridgehead atoms. The molecule has 2 aromatic rings. The molecule has 1 heterocycles. The lowest BCUT2D eigenvalue weighted by Crippen LogP contribution is -2.38. The van der Waals surface area contributed by atoms with Crippen LogP contribution < -0.4 is 9.46 Å². The van der Waals surface area contributed by atoms with Gasteiger partial charge in [0.25, 0.3) is 0 Å². The van der Waals surface area contributed by atoms with E-state index >= 15 is 0 Å². The predicted molar refractivity (Wildman–Crippen MR) is 98.7 cm³/mol. The van der Waals surface area contributed by atoms with Crippen molar-refractivity contribution in [1.82, 2.24) is 9.62 Å². The third-order valence-corrected chi connectivity index (χ3v) is 6.29. The molecule has 3 rings (SSSR count). The Bertz CT molecular complexity index is 919. The number of halogens is 4. The first-order valence-corrected chi connectivity index (χ1v) is 10.3. The van der Waals surface area contributed by atoms with Gasteiger partial charge in [-0.3, -0.25) is 4.90 Å². The molecule has 0 saturated carbocycles. The third kappa shape index (κ3) is 4.96. The fourth-order valence-electron chi connectivity index (χ4n) is 3.30. The van der Waals surface area contributed by atoms with Crippen molar-refractivity contribution >= 4 is 21.6 Å². The Balaban J connectivity index is 1.78. The van der Waals surface area contributed by atoms with Gasteiger partial charge >= 0.3 is 6.36 Å². The second-order valence-electron chi connectivity index (χ2n) is 6.51. The molecule has 0 aliphatic carbocycles. The van der Waals surface area contributed by atoms with E-state index in [1.165, 1.54) is 0 Å². The molecule has 1 N–H and O–H groups in total. The number of nitrogens with zero attached hydrogens (tertiary/aromatic N) is 1. The smallest absolute Gasteiger partial charge is 0.406 e. The Morgan fingerprint density at radius 2 is 1.71 bits per heavy atom. The van der Waals surface area contributed by atoms with E-state index in [0.29, 0.717) is 18.0 Å². The maximum Gasteiger partial charge on any atom is 0.573 e. The van der Waals surface area contributed by atoms with Crippen LogP contribution in [-0.2, 0) is 10.0 Å². The summed E-state index contributed by atoms with van der Waals surface area (Å²) in [7, 11) is -2.02. The van der Waals surface area contributed by atoms with Crippen LogP contribution in [0.25, 0.3) is 0 Å². The van der Waals surface area contributed by atoms with E-state index in [9.17, 15) is 21.6 Å². The summed E-state index contributed by atoms with van der Waals surface area (Å²) < 4.78 is 68.6. The summed E-state index contributed by atoms with van der Waals surface area (Å²) in [5, 5.41) is 0.586. The highest BCUT2D eigenvalue weighted by atomic mass is 35.5. The van der Waals surface area contributed by atoms with Crippen LogP contribution in [-0.4, -0.2) is 39.3 Å². The molecule has 0 radical (unpaired) electrons. The molecule has 0 unspecified atom stereocenters. The standard InChI is InChI=1S/C18H18ClF3N2O3S/c1-24-11-10-16(17(24)12-2-4-13(19)5-3-12)23-28(25,26)15-8-6-14(7-9-15)27-18(20,21)22/h2-9,16-17,23H,10-11H2,1H3/t16-,17-/m0/s1. The zero-order valence-electron chi connectivity index (χ0n) is 14.8. The van der Waals surface area contributed by atoms with E-state index in [2.05, 4.69) is 9.46 Å². The first-order chi connectivity index (χ1) is 13.0. The average molecular weight is 435 g/mol. The molecule has 0 amide bonds. The molecule has 28 heavy (non-hydrogen) atoms. The Morgan fingerprint density at radius 1 is 1.11 bits per heavy atom. The van der Waals surface area contributed by atoms with Gasteiger partial charge in [0.15, 0.2) is 0 Å². The van der Waals surface area contributed by atoms with Gasteiger partial charge < -0.3 is 4.74 Å². The molecule has 2 aromatic carbocycles. The second kappa shape index (κ2) is 7.90. The van der Waals surface area contributed by atoms with E-state index in [4.69, 9.17) is 11.6 Å². The van der Waals surface area contributed by atoms with Crippen LogP contribution >= 0.6 is 11.6 Å². The topological polar surface area (TPSA) is 58.6 Å². The molecule has 152 valence electrons. The van der Waals surface area contributed by atoms with Gasteiger partial charge in [-0.25, -0.2) is 13.1 Å². The molecule has 0 spiro atoms. The van der Waals surface area contributed by atoms with Gasteiger partial charge in [-0.15, -0.1) is 13.2 Å². The summed E-state index contributed by atoms with van der Waals surface area (Å²) in [6.07, 6.45) is -4.24. The summed E-state index contributed by atoms with van der Waals surface area (Å²) >= 11 is 5.92. The molecule has 0 aromatic heterocycles. The van der Waals surface area contributed by atoms with E-state index in [-0.39, 0.29) is 17.0 Å². The maximum atomic E-state index is 12.7. The number of hydrogen-bond acceptors (Lipinski definition) is 4. The molecule has 1 saturated heterocycles. The zero-order valence-corrected chi connectivity index (χ0v) is 16.4. The minimum absolute atomic E-state index is 0.133. The van der Waals surface area contributed by atoms with Crippen LogP contribution in [0.3, 0.4) is 0 Å². The van der Waals surface area contributed by atoms with Gasteiger partial charge in [-0.1, -0.05) is 23.7 Å². The Kier molecular flexibility index (Phi) is 5.90. The summed E-state index contributed by atoms with van der Waals surface area (Å²) in [6, 6.07) is 10.7. The number of nitrogens with one attached hydrogen (secondary N) is 1. The number of hydrogen-bond donors (Lipinski definition) is 1. The molecule has 1 aliphatic heterocycles. The van der Waals surface area contributed by atoms with Crippen molar-refractivity contribution in [2.75, 3.05) is 13.6 Å². The van der Waals surface area contributed by atoms with Crippen LogP contribution in [0.5, 0.6) is 5.75 Å². The van der Waals surface area contributed by atoms with Crippen molar-refractivity contribution in [2.45, 2.75) is 29.8 Å². The molecular weight excluding hydrogens is 417 g/mol. The lowest BCUT2D eigenvalue weighted by molar-refractivity contribution is -0.274. The van der Waals surface area contributed by atoms with Crippen molar-refractivity contribution in [3.05, 3.63) is 59.1 Å². The first kappa shape index (κ1) is 20.9. The number of sulfonamides is 1. The summed E-state index contributed by atoms with van der Waals surface area (Å²) in [5.74, 6) is -0.480. The molecule has 2 atom stereocenters. The van der Waals surface area contributed by atoms with Crippen LogP contribution in [0.2, 0.25) is 5.02 Å². The van der Waals surface area contributed by atoms with Gasteiger partial charge in [0.1, 0.15) is 5.75 Å². The molecular formula is C18H18ClF3N2O3S. The number of rotatable bonds is 5. The molecule has 1 fully saturated rings. The Morgan fingerprint density at radius 3 is 2.29 bits per heavy atom. The summed E-state index contributed by atoms with van der Waals surface area (Å²) in [4.78, 5) is 1.91. The monoisotopic (exact) mass is 434 g/mol. The minimum atomic E-state index is -4.83. The normalized spacial score (nSPS) is 21.0. The fourth-order valence-corrected chi connectivity index (χ4v) is 4.71. The lowest BCUT2D eigenvalue weighted by Gasteiger charge is -2.26. The van der Waals surface area contributed by atoms with Crippen molar-refractivity contribution in [3.8, 4) is 5.75 Å². The van der Waals surface area contributed by atoms with E-state index < -0.39 is 22.1 Å². The highest BCUT2D eigenvalue weighted by Gasteiger charge is 2.36. The van der Waals surface area contributed by atoms with Crippen molar-refractivity contribution in [2.24, 2.45) is 0 Å². The van der Waals surface area contributed by atoms with Gasteiger partial charge in [0, 0.05) is 17.6 Å². The quantitative estimate of drug-likeness (QED) is 0.773. The largest absolute Gasteiger partial charge is 0.573 e. The molecule has 10 heteroatoms. The van der Waals surface area contributed by atoms with Crippen molar-refractivity contribution in [1.29, 1.82) is 0 Å². The maximum absolute atomic E-state index is 12.7. The van der Waals surface area contributed by atoms with Gasteiger partial charge in [-0.2, -0.15) is 0 Å². The third-order valence-electron chi connectivity index (χ3n) is 4.53. The number of alkyl halides is 3.